The molecule has 0 spiro atoms. The molecule has 1 aromatic heterocycles. The lowest BCUT2D eigenvalue weighted by molar-refractivity contribution is -0.140. The molecule has 4 rings (SSSR count). The summed E-state index contributed by atoms with van der Waals surface area (Å²) >= 11 is 0. The molecule has 1 saturated heterocycles. The van der Waals surface area contributed by atoms with E-state index in [1.54, 1.807) is 0 Å². The number of nitrogens with zero attached hydrogens (tertiary/aromatic N) is 2. The lowest BCUT2D eigenvalue weighted by Gasteiger charge is -2.36. The van der Waals surface area contributed by atoms with Crippen molar-refractivity contribution in [1.29, 1.82) is 0 Å². The van der Waals surface area contributed by atoms with Crippen molar-refractivity contribution in [3.05, 3.63) is 59.3 Å². The number of benzene rings is 1. The maximum atomic E-state index is 14.0. The number of pyridine rings is 1. The van der Waals surface area contributed by atoms with Crippen molar-refractivity contribution in [3.63, 3.8) is 0 Å². The SMILES string of the molecule is CCCCC1CC(NCc2cc(C(F)(F)F)cnc2OCCO)C(c2ccccc2)N1C(=O)C1CCCCC1. The summed E-state index contributed by atoms with van der Waals surface area (Å²) in [5.74, 6) is 0.303. The first kappa shape index (κ1) is 29.3. The van der Waals surface area contributed by atoms with E-state index in [0.29, 0.717) is 0 Å². The van der Waals surface area contributed by atoms with E-state index in [-0.39, 0.29) is 61.2 Å². The van der Waals surface area contributed by atoms with Crippen LogP contribution in [0.2, 0.25) is 0 Å². The molecular weight excluding hydrogens is 507 g/mol. The molecule has 2 N–H and O–H groups in total. The summed E-state index contributed by atoms with van der Waals surface area (Å²) in [6.45, 7) is 1.90. The number of aromatic nitrogens is 1. The van der Waals surface area contributed by atoms with E-state index in [2.05, 4.69) is 22.1 Å². The van der Waals surface area contributed by atoms with Crippen molar-refractivity contribution in [2.45, 2.75) is 95.6 Å². The van der Waals surface area contributed by atoms with Crippen molar-refractivity contribution in [2.75, 3.05) is 13.2 Å². The molecule has 1 saturated carbocycles. The molecule has 1 aliphatic carbocycles. The molecule has 0 radical (unpaired) electrons. The molecule has 1 aliphatic heterocycles. The smallest absolute Gasteiger partial charge is 0.417 e. The molecule has 9 heteroatoms. The lowest BCUT2D eigenvalue weighted by Crippen LogP contribution is -2.44. The number of hydrogen-bond donors (Lipinski definition) is 2. The van der Waals surface area contributed by atoms with Gasteiger partial charge in [-0.3, -0.25) is 4.79 Å². The molecule has 3 atom stereocenters. The Kier molecular flexibility index (Phi) is 10.2. The Morgan fingerprint density at radius 1 is 1.18 bits per heavy atom. The third-order valence-corrected chi connectivity index (χ3v) is 7.98. The maximum absolute atomic E-state index is 14.0. The first-order valence-electron chi connectivity index (χ1n) is 14.2. The average Bonchev–Trinajstić information content (AvgIpc) is 3.32. The zero-order valence-corrected chi connectivity index (χ0v) is 22.6. The normalized spacial score (nSPS) is 22.3. The number of carbonyl (C=O) groups excluding carboxylic acids is 1. The Labute approximate surface area is 229 Å². The first-order chi connectivity index (χ1) is 18.8. The van der Waals surface area contributed by atoms with Crippen LogP contribution in [0.15, 0.2) is 42.6 Å². The van der Waals surface area contributed by atoms with Gasteiger partial charge in [0.2, 0.25) is 11.8 Å². The van der Waals surface area contributed by atoms with Crippen LogP contribution in [-0.4, -0.2) is 46.2 Å². The number of aliphatic hydroxyl groups is 1. The summed E-state index contributed by atoms with van der Waals surface area (Å²) in [4.78, 5) is 20.0. The first-order valence-corrected chi connectivity index (χ1v) is 14.2. The van der Waals surface area contributed by atoms with Crippen molar-refractivity contribution in [3.8, 4) is 5.88 Å². The summed E-state index contributed by atoms with van der Waals surface area (Å²) in [5, 5.41) is 12.7. The number of likely N-dealkylation sites (tertiary alicyclic amines) is 1. The molecule has 2 aromatic rings. The van der Waals surface area contributed by atoms with E-state index in [1.807, 2.05) is 30.3 Å². The highest BCUT2D eigenvalue weighted by Gasteiger charge is 2.45. The van der Waals surface area contributed by atoms with Crippen LogP contribution in [0.4, 0.5) is 13.2 Å². The Bertz CT molecular complexity index is 1060. The van der Waals surface area contributed by atoms with Gasteiger partial charge < -0.3 is 20.1 Å². The fraction of sp³-hybridized carbons (Fsp3) is 0.600. The quantitative estimate of drug-likeness (QED) is 0.359. The highest BCUT2D eigenvalue weighted by molar-refractivity contribution is 5.80. The number of rotatable bonds is 11. The highest BCUT2D eigenvalue weighted by Crippen LogP contribution is 2.41. The summed E-state index contributed by atoms with van der Waals surface area (Å²) in [7, 11) is 0. The molecule has 2 heterocycles. The van der Waals surface area contributed by atoms with Gasteiger partial charge in [-0.05, 0) is 37.3 Å². The van der Waals surface area contributed by atoms with Crippen molar-refractivity contribution >= 4 is 5.91 Å². The van der Waals surface area contributed by atoms with Crippen molar-refractivity contribution < 1.29 is 27.8 Å². The maximum Gasteiger partial charge on any atom is 0.417 e. The zero-order valence-electron chi connectivity index (χ0n) is 22.6. The van der Waals surface area contributed by atoms with Gasteiger partial charge in [0.1, 0.15) is 6.61 Å². The lowest BCUT2D eigenvalue weighted by atomic mass is 9.87. The Hall–Kier alpha value is -2.65. The van der Waals surface area contributed by atoms with Gasteiger partial charge in [-0.2, -0.15) is 13.2 Å². The van der Waals surface area contributed by atoms with E-state index in [1.165, 1.54) is 6.42 Å². The van der Waals surface area contributed by atoms with Crippen LogP contribution in [-0.2, 0) is 17.5 Å². The van der Waals surface area contributed by atoms with Gasteiger partial charge in [0.25, 0.3) is 0 Å². The standard InChI is InChI=1S/C30H40F3N3O3/c1-2-3-14-25-18-26(34-19-23-17-24(30(31,32)33)20-35-28(23)39-16-15-37)27(21-10-6-4-7-11-21)36(25)29(38)22-12-8-5-9-13-22/h4,6-7,10-11,17,20,22,25-27,34,37H,2-3,5,8-9,12-16,18-19H2,1H3. The number of unbranched alkanes of at least 4 members (excludes halogenated alkanes) is 1. The second-order valence-corrected chi connectivity index (χ2v) is 10.7. The topological polar surface area (TPSA) is 74.7 Å². The molecule has 6 nitrogen and oxygen atoms in total. The largest absolute Gasteiger partial charge is 0.475 e. The summed E-state index contributed by atoms with van der Waals surface area (Å²) in [6.07, 6.45) is 5.00. The summed E-state index contributed by atoms with van der Waals surface area (Å²) < 4.78 is 45.9. The fourth-order valence-electron chi connectivity index (χ4n) is 6.06. The monoisotopic (exact) mass is 547 g/mol. The van der Waals surface area contributed by atoms with E-state index in [9.17, 15) is 18.0 Å². The second-order valence-electron chi connectivity index (χ2n) is 10.7. The number of alkyl halides is 3. The Balaban J connectivity index is 1.64. The van der Waals surface area contributed by atoms with E-state index >= 15 is 0 Å². The van der Waals surface area contributed by atoms with E-state index in [0.717, 1.165) is 69.2 Å². The second kappa shape index (κ2) is 13.6. The van der Waals surface area contributed by atoms with Crippen LogP contribution in [0.1, 0.15) is 87.4 Å². The predicted molar refractivity (Wildman–Crippen MR) is 143 cm³/mol. The highest BCUT2D eigenvalue weighted by atomic mass is 19.4. The van der Waals surface area contributed by atoms with Crippen LogP contribution in [0.5, 0.6) is 5.88 Å². The molecular formula is C30H40F3N3O3. The molecule has 214 valence electrons. The summed E-state index contributed by atoms with van der Waals surface area (Å²) in [6, 6.07) is 10.7. The molecule has 2 fully saturated rings. The minimum Gasteiger partial charge on any atom is -0.475 e. The number of aliphatic hydroxyl groups excluding tert-OH is 1. The van der Waals surface area contributed by atoms with Gasteiger partial charge in [-0.1, -0.05) is 69.4 Å². The van der Waals surface area contributed by atoms with Gasteiger partial charge in [0.15, 0.2) is 0 Å². The van der Waals surface area contributed by atoms with Gasteiger partial charge >= 0.3 is 6.18 Å². The number of amides is 1. The number of ether oxygens (including phenoxy) is 1. The van der Waals surface area contributed by atoms with Crippen molar-refractivity contribution in [1.82, 2.24) is 15.2 Å². The van der Waals surface area contributed by atoms with Crippen LogP contribution >= 0.6 is 0 Å². The van der Waals surface area contributed by atoms with Gasteiger partial charge in [0, 0.05) is 36.3 Å². The minimum absolute atomic E-state index is 0.0268. The Morgan fingerprint density at radius 2 is 1.92 bits per heavy atom. The fourth-order valence-corrected chi connectivity index (χ4v) is 6.06. The van der Waals surface area contributed by atoms with E-state index < -0.39 is 11.7 Å². The van der Waals surface area contributed by atoms with Gasteiger partial charge in [-0.15, -0.1) is 0 Å². The van der Waals surface area contributed by atoms with Crippen LogP contribution in [0, 0.1) is 5.92 Å². The summed E-state index contributed by atoms with van der Waals surface area (Å²) in [5.41, 5.74) is 0.445. The molecule has 1 amide bonds. The molecule has 0 bridgehead atoms. The Morgan fingerprint density at radius 3 is 2.59 bits per heavy atom. The van der Waals surface area contributed by atoms with E-state index in [4.69, 9.17) is 9.84 Å². The van der Waals surface area contributed by atoms with Crippen LogP contribution < -0.4 is 10.1 Å². The van der Waals surface area contributed by atoms with Gasteiger partial charge in [0.05, 0.1) is 18.2 Å². The number of nitrogens with one attached hydrogen (secondary N) is 1. The number of hydrogen-bond acceptors (Lipinski definition) is 5. The molecule has 3 unspecified atom stereocenters. The predicted octanol–water partition coefficient (Wildman–Crippen LogP) is 6.04. The van der Waals surface area contributed by atoms with Crippen LogP contribution in [0.25, 0.3) is 0 Å². The average molecular weight is 548 g/mol. The molecule has 1 aromatic carbocycles. The molecule has 2 aliphatic rings. The number of halogens is 3. The van der Waals surface area contributed by atoms with Crippen molar-refractivity contribution in [2.24, 2.45) is 5.92 Å². The third kappa shape index (κ3) is 7.31. The minimum atomic E-state index is -4.54. The zero-order chi connectivity index (χ0) is 27.8. The van der Waals surface area contributed by atoms with Crippen LogP contribution in [0.3, 0.4) is 0 Å². The third-order valence-electron chi connectivity index (χ3n) is 7.98. The van der Waals surface area contributed by atoms with Gasteiger partial charge in [-0.25, -0.2) is 4.98 Å². The molecule has 39 heavy (non-hydrogen) atoms. The number of carbonyl (C=O) groups is 1.